The molecule has 0 saturated heterocycles. The smallest absolute Gasteiger partial charge is 0.126 e. The Hall–Kier alpha value is -0.370. The number of carbonyl (C=O) groups excluding carboxylic acids is 1. The van der Waals surface area contributed by atoms with Crippen molar-refractivity contribution in [2.24, 2.45) is 5.41 Å². The maximum absolute atomic E-state index is 10.3. The second-order valence-electron chi connectivity index (χ2n) is 2.81. The third-order valence-electron chi connectivity index (χ3n) is 1.98. The van der Waals surface area contributed by atoms with Crippen molar-refractivity contribution in [3.8, 4) is 0 Å². The van der Waals surface area contributed by atoms with Gasteiger partial charge in [0, 0.05) is 12.0 Å². The highest BCUT2D eigenvalue weighted by Gasteiger charge is 2.41. The van der Waals surface area contributed by atoms with Crippen molar-refractivity contribution in [3.63, 3.8) is 0 Å². The predicted octanol–water partition coefficient (Wildman–Crippen LogP) is 0.738. The van der Waals surface area contributed by atoms with Gasteiger partial charge < -0.3 is 9.90 Å². The van der Waals surface area contributed by atoms with Gasteiger partial charge in [-0.15, -0.1) is 0 Å². The fourth-order valence-electron chi connectivity index (χ4n) is 1.02. The highest BCUT2D eigenvalue weighted by atomic mass is 16.2. The van der Waals surface area contributed by atoms with E-state index in [0.29, 0.717) is 0 Å². The lowest BCUT2D eigenvalue weighted by Crippen LogP contribution is -2.02. The van der Waals surface area contributed by atoms with Gasteiger partial charge in [-0.05, 0) is 25.7 Å². The van der Waals surface area contributed by atoms with Crippen LogP contribution in [0.4, 0.5) is 0 Å². The topological polar surface area (TPSA) is 37.3 Å². The van der Waals surface area contributed by atoms with Crippen molar-refractivity contribution in [2.45, 2.75) is 25.7 Å². The Morgan fingerprint density at radius 1 is 1.56 bits per heavy atom. The zero-order chi connectivity index (χ0) is 6.74. The van der Waals surface area contributed by atoms with Gasteiger partial charge in [0.2, 0.25) is 0 Å². The van der Waals surface area contributed by atoms with Gasteiger partial charge in [-0.2, -0.15) is 0 Å². The van der Waals surface area contributed by atoms with Crippen molar-refractivity contribution >= 4 is 6.29 Å². The van der Waals surface area contributed by atoms with Gasteiger partial charge in [-0.1, -0.05) is 0 Å². The standard InChI is InChI=1S/C7H12O2/c8-5-1-2-7(6-9)3-4-7/h6,8H,1-5H2. The quantitative estimate of drug-likeness (QED) is 0.567. The molecular weight excluding hydrogens is 116 g/mol. The first kappa shape index (κ1) is 6.75. The molecule has 2 nitrogen and oxygen atoms in total. The van der Waals surface area contributed by atoms with E-state index in [0.717, 1.165) is 32.0 Å². The van der Waals surface area contributed by atoms with Gasteiger partial charge in [0.05, 0.1) is 0 Å². The average molecular weight is 128 g/mol. The molecule has 2 heteroatoms. The van der Waals surface area contributed by atoms with Crippen LogP contribution in [0.3, 0.4) is 0 Å². The first-order chi connectivity index (χ1) is 4.33. The van der Waals surface area contributed by atoms with Crippen LogP contribution in [0.1, 0.15) is 25.7 Å². The van der Waals surface area contributed by atoms with Crippen LogP contribution >= 0.6 is 0 Å². The van der Waals surface area contributed by atoms with E-state index in [-0.39, 0.29) is 12.0 Å². The van der Waals surface area contributed by atoms with Crippen molar-refractivity contribution in [2.75, 3.05) is 6.61 Å². The minimum atomic E-state index is 0.00271. The number of aliphatic hydroxyl groups is 1. The summed E-state index contributed by atoms with van der Waals surface area (Å²) in [4.78, 5) is 10.3. The summed E-state index contributed by atoms with van der Waals surface area (Å²) in [7, 11) is 0. The second-order valence-corrected chi connectivity index (χ2v) is 2.81. The fraction of sp³-hybridized carbons (Fsp3) is 0.857. The molecule has 0 heterocycles. The van der Waals surface area contributed by atoms with E-state index in [1.807, 2.05) is 0 Å². The molecule has 0 unspecified atom stereocenters. The largest absolute Gasteiger partial charge is 0.396 e. The summed E-state index contributed by atoms with van der Waals surface area (Å²) < 4.78 is 0. The van der Waals surface area contributed by atoms with Crippen LogP contribution in [0.25, 0.3) is 0 Å². The van der Waals surface area contributed by atoms with Crippen LogP contribution < -0.4 is 0 Å². The molecule has 0 radical (unpaired) electrons. The highest BCUT2D eigenvalue weighted by Crippen LogP contribution is 2.47. The number of hydrogen-bond acceptors (Lipinski definition) is 2. The summed E-state index contributed by atoms with van der Waals surface area (Å²) in [6, 6.07) is 0. The number of carbonyl (C=O) groups is 1. The lowest BCUT2D eigenvalue weighted by Gasteiger charge is -2.02. The third-order valence-corrected chi connectivity index (χ3v) is 1.98. The normalized spacial score (nSPS) is 21.4. The first-order valence-corrected chi connectivity index (χ1v) is 3.40. The number of rotatable bonds is 4. The minimum Gasteiger partial charge on any atom is -0.396 e. The molecule has 9 heavy (non-hydrogen) atoms. The lowest BCUT2D eigenvalue weighted by molar-refractivity contribution is -0.112. The summed E-state index contributed by atoms with van der Waals surface area (Å²) in [5.74, 6) is 0. The Morgan fingerprint density at radius 2 is 2.22 bits per heavy atom. The maximum atomic E-state index is 10.3. The number of aldehydes is 1. The Balaban J connectivity index is 2.17. The molecule has 0 atom stereocenters. The van der Waals surface area contributed by atoms with Crippen molar-refractivity contribution in [1.29, 1.82) is 0 Å². The van der Waals surface area contributed by atoms with E-state index in [1.165, 1.54) is 0 Å². The Morgan fingerprint density at radius 3 is 2.56 bits per heavy atom. The average Bonchev–Trinajstić information content (AvgIpc) is 2.65. The molecule has 1 aliphatic carbocycles. The van der Waals surface area contributed by atoms with Gasteiger partial charge in [0.1, 0.15) is 6.29 Å². The summed E-state index contributed by atoms with van der Waals surface area (Å²) >= 11 is 0. The molecule has 0 aromatic rings. The van der Waals surface area contributed by atoms with Crippen LogP contribution in [0.15, 0.2) is 0 Å². The molecular formula is C7H12O2. The van der Waals surface area contributed by atoms with Crippen LogP contribution in [0.2, 0.25) is 0 Å². The van der Waals surface area contributed by atoms with E-state index in [4.69, 9.17) is 5.11 Å². The molecule has 1 saturated carbocycles. The van der Waals surface area contributed by atoms with Gasteiger partial charge in [-0.25, -0.2) is 0 Å². The Kier molecular flexibility index (Phi) is 1.86. The molecule has 0 aliphatic heterocycles. The molecule has 0 spiro atoms. The van der Waals surface area contributed by atoms with Crippen molar-refractivity contribution in [1.82, 2.24) is 0 Å². The van der Waals surface area contributed by atoms with E-state index in [2.05, 4.69) is 0 Å². The zero-order valence-electron chi connectivity index (χ0n) is 5.47. The van der Waals surface area contributed by atoms with Crippen LogP contribution in [0.5, 0.6) is 0 Å². The summed E-state index contributed by atoms with van der Waals surface area (Å²) in [6.45, 7) is 0.218. The fourth-order valence-corrected chi connectivity index (χ4v) is 1.02. The summed E-state index contributed by atoms with van der Waals surface area (Å²) in [6.07, 6.45) is 4.78. The molecule has 1 rings (SSSR count). The number of hydrogen-bond donors (Lipinski definition) is 1. The van der Waals surface area contributed by atoms with Gasteiger partial charge in [0.15, 0.2) is 0 Å². The van der Waals surface area contributed by atoms with Gasteiger partial charge in [0.25, 0.3) is 0 Å². The van der Waals surface area contributed by atoms with Gasteiger partial charge >= 0.3 is 0 Å². The predicted molar refractivity (Wildman–Crippen MR) is 34.1 cm³/mol. The molecule has 1 N–H and O–H groups in total. The Bertz CT molecular complexity index is 105. The van der Waals surface area contributed by atoms with Crippen LogP contribution in [0, 0.1) is 5.41 Å². The SMILES string of the molecule is O=CC1(CCCO)CC1. The lowest BCUT2D eigenvalue weighted by atomic mass is 10.0. The summed E-state index contributed by atoms with van der Waals surface area (Å²) in [5, 5.41) is 8.44. The van der Waals surface area contributed by atoms with Crippen LogP contribution in [-0.2, 0) is 4.79 Å². The van der Waals surface area contributed by atoms with Crippen molar-refractivity contribution in [3.05, 3.63) is 0 Å². The zero-order valence-corrected chi connectivity index (χ0v) is 5.47. The highest BCUT2D eigenvalue weighted by molar-refractivity contribution is 5.63. The van der Waals surface area contributed by atoms with Crippen LogP contribution in [-0.4, -0.2) is 18.0 Å². The third kappa shape index (κ3) is 1.52. The van der Waals surface area contributed by atoms with E-state index in [1.54, 1.807) is 0 Å². The molecule has 52 valence electrons. The number of aliphatic hydroxyl groups excluding tert-OH is 1. The van der Waals surface area contributed by atoms with E-state index >= 15 is 0 Å². The molecule has 0 aromatic heterocycles. The molecule has 0 bridgehead atoms. The summed E-state index contributed by atoms with van der Waals surface area (Å²) in [5.41, 5.74) is 0.00271. The van der Waals surface area contributed by atoms with Crippen molar-refractivity contribution < 1.29 is 9.90 Å². The van der Waals surface area contributed by atoms with E-state index < -0.39 is 0 Å². The van der Waals surface area contributed by atoms with Gasteiger partial charge in [-0.3, -0.25) is 0 Å². The molecule has 1 aliphatic rings. The monoisotopic (exact) mass is 128 g/mol. The second kappa shape index (κ2) is 2.48. The maximum Gasteiger partial charge on any atom is 0.126 e. The molecule has 0 aromatic carbocycles. The minimum absolute atomic E-state index is 0.00271. The Labute approximate surface area is 54.9 Å². The van der Waals surface area contributed by atoms with E-state index in [9.17, 15) is 4.79 Å². The molecule has 1 fully saturated rings. The molecule has 0 amide bonds. The first-order valence-electron chi connectivity index (χ1n) is 3.40.